The van der Waals surface area contributed by atoms with Crippen LogP contribution in [0.2, 0.25) is 0 Å². The largest absolute Gasteiger partial charge is 0.357 e. The second-order valence-corrected chi connectivity index (χ2v) is 4.87. The molecule has 0 radical (unpaired) electrons. The Bertz CT molecular complexity index is 387. The van der Waals surface area contributed by atoms with E-state index in [2.05, 4.69) is 22.1 Å². The van der Waals surface area contributed by atoms with Gasteiger partial charge in [0.1, 0.15) is 5.69 Å². The van der Waals surface area contributed by atoms with Crippen molar-refractivity contribution in [3.05, 3.63) is 24.0 Å². The molecule has 3 atom stereocenters. The number of nitrogens with one attached hydrogen (secondary N) is 2. The van der Waals surface area contributed by atoms with Gasteiger partial charge in [-0.1, -0.05) is 0 Å². The molecule has 0 saturated carbocycles. The van der Waals surface area contributed by atoms with Crippen molar-refractivity contribution in [1.82, 2.24) is 15.2 Å². The second-order valence-electron chi connectivity index (χ2n) is 4.87. The molecule has 4 heteroatoms. The molecule has 3 rings (SSSR count). The van der Waals surface area contributed by atoms with Crippen molar-refractivity contribution in [1.29, 1.82) is 0 Å². The van der Waals surface area contributed by atoms with Crippen LogP contribution < -0.4 is 5.32 Å². The Balaban J connectivity index is 1.86. The third-order valence-corrected chi connectivity index (χ3v) is 3.84. The smallest absolute Gasteiger partial charge is 0.270 e. The van der Waals surface area contributed by atoms with Crippen LogP contribution in [0.3, 0.4) is 0 Å². The minimum Gasteiger partial charge on any atom is -0.357 e. The van der Waals surface area contributed by atoms with Crippen molar-refractivity contribution in [3.63, 3.8) is 0 Å². The first kappa shape index (κ1) is 9.90. The molecule has 0 aromatic carbocycles. The summed E-state index contributed by atoms with van der Waals surface area (Å²) in [5.41, 5.74) is 0.708. The van der Waals surface area contributed by atoms with Crippen LogP contribution >= 0.6 is 0 Å². The summed E-state index contributed by atoms with van der Waals surface area (Å²) in [4.78, 5) is 17.4. The summed E-state index contributed by atoms with van der Waals surface area (Å²) in [6.07, 6.45) is 2.93. The number of rotatable bonds is 1. The molecule has 3 unspecified atom stereocenters. The molecular formula is C12H17N3O. The fourth-order valence-corrected chi connectivity index (χ4v) is 3.12. The Morgan fingerprint density at radius 1 is 1.50 bits per heavy atom. The summed E-state index contributed by atoms with van der Waals surface area (Å²) in [5, 5.41) is 3.37. The molecule has 0 aliphatic carbocycles. The number of hydrogen-bond acceptors (Lipinski definition) is 2. The van der Waals surface area contributed by atoms with Crippen LogP contribution in [0, 0.1) is 5.92 Å². The number of carbonyl (C=O) groups is 1. The van der Waals surface area contributed by atoms with E-state index in [1.165, 1.54) is 0 Å². The van der Waals surface area contributed by atoms with Gasteiger partial charge in [0.25, 0.3) is 5.91 Å². The quantitative estimate of drug-likeness (QED) is 0.735. The predicted molar refractivity (Wildman–Crippen MR) is 61.2 cm³/mol. The van der Waals surface area contributed by atoms with E-state index in [4.69, 9.17) is 0 Å². The lowest BCUT2D eigenvalue weighted by molar-refractivity contribution is 0.0677. The highest BCUT2D eigenvalue weighted by Gasteiger charge is 2.44. The topological polar surface area (TPSA) is 48.1 Å². The fraction of sp³-hybridized carbons (Fsp3) is 0.583. The molecule has 0 bridgehead atoms. The molecule has 2 saturated heterocycles. The number of fused-ring (bicyclic) bond motifs is 1. The van der Waals surface area contributed by atoms with E-state index < -0.39 is 0 Å². The van der Waals surface area contributed by atoms with E-state index >= 15 is 0 Å². The van der Waals surface area contributed by atoms with E-state index in [1.54, 1.807) is 6.20 Å². The third kappa shape index (κ3) is 1.37. The Morgan fingerprint density at radius 3 is 3.12 bits per heavy atom. The van der Waals surface area contributed by atoms with Gasteiger partial charge in [0.05, 0.1) is 0 Å². The summed E-state index contributed by atoms with van der Waals surface area (Å²) in [6.45, 7) is 4.16. The molecule has 1 amide bonds. The Kier molecular flexibility index (Phi) is 2.24. The third-order valence-electron chi connectivity index (χ3n) is 3.84. The van der Waals surface area contributed by atoms with Gasteiger partial charge in [-0.05, 0) is 31.4 Å². The van der Waals surface area contributed by atoms with Crippen LogP contribution in [0.5, 0.6) is 0 Å². The molecule has 2 aliphatic heterocycles. The molecule has 2 fully saturated rings. The summed E-state index contributed by atoms with van der Waals surface area (Å²) in [6, 6.07) is 4.49. The molecule has 1 aromatic rings. The molecule has 0 spiro atoms. The average Bonchev–Trinajstić information content (AvgIpc) is 2.89. The van der Waals surface area contributed by atoms with Gasteiger partial charge in [-0.3, -0.25) is 4.79 Å². The maximum atomic E-state index is 12.3. The highest BCUT2D eigenvalue weighted by Crippen LogP contribution is 2.33. The molecule has 3 heterocycles. The van der Waals surface area contributed by atoms with Crippen molar-refractivity contribution in [2.75, 3.05) is 13.1 Å². The molecule has 2 aliphatic rings. The van der Waals surface area contributed by atoms with Crippen LogP contribution in [0.15, 0.2) is 18.3 Å². The lowest BCUT2D eigenvalue weighted by Gasteiger charge is -2.27. The lowest BCUT2D eigenvalue weighted by atomic mass is 10.0. The number of H-pyrrole nitrogens is 1. The van der Waals surface area contributed by atoms with E-state index in [0.29, 0.717) is 23.7 Å². The van der Waals surface area contributed by atoms with E-state index in [9.17, 15) is 4.79 Å². The Labute approximate surface area is 95.0 Å². The maximum absolute atomic E-state index is 12.3. The highest BCUT2D eigenvalue weighted by atomic mass is 16.2. The number of hydrogen-bond donors (Lipinski definition) is 2. The zero-order valence-electron chi connectivity index (χ0n) is 9.44. The molecule has 2 N–H and O–H groups in total. The number of likely N-dealkylation sites (tertiary alicyclic amines) is 1. The second kappa shape index (κ2) is 3.63. The van der Waals surface area contributed by atoms with E-state index in [0.717, 1.165) is 19.5 Å². The van der Waals surface area contributed by atoms with Crippen LogP contribution in [0.25, 0.3) is 0 Å². The zero-order valence-corrected chi connectivity index (χ0v) is 9.44. The summed E-state index contributed by atoms with van der Waals surface area (Å²) >= 11 is 0. The standard InChI is InChI=1S/C12H17N3O/c1-8-5-9-6-13-7-11(9)15(8)12(16)10-3-2-4-14-10/h2-4,8-9,11,13-14H,5-7H2,1H3. The first-order valence-electron chi connectivity index (χ1n) is 5.94. The number of carbonyl (C=O) groups excluding carboxylic acids is 1. The lowest BCUT2D eigenvalue weighted by Crippen LogP contribution is -2.42. The van der Waals surface area contributed by atoms with Crippen LogP contribution in [0.1, 0.15) is 23.8 Å². The minimum absolute atomic E-state index is 0.147. The average molecular weight is 219 g/mol. The van der Waals surface area contributed by atoms with Crippen molar-refractivity contribution in [2.45, 2.75) is 25.4 Å². The maximum Gasteiger partial charge on any atom is 0.270 e. The van der Waals surface area contributed by atoms with Crippen LogP contribution in [-0.2, 0) is 0 Å². The summed E-state index contributed by atoms with van der Waals surface area (Å²) in [5.74, 6) is 0.794. The number of amides is 1. The van der Waals surface area contributed by atoms with Gasteiger partial charge in [-0.15, -0.1) is 0 Å². The SMILES string of the molecule is CC1CC2CNCC2N1C(=O)c1ccc[nH]1. The minimum atomic E-state index is 0.147. The Morgan fingerprint density at radius 2 is 2.38 bits per heavy atom. The van der Waals surface area contributed by atoms with Crippen molar-refractivity contribution < 1.29 is 4.79 Å². The van der Waals surface area contributed by atoms with Gasteiger partial charge < -0.3 is 15.2 Å². The zero-order chi connectivity index (χ0) is 11.1. The molecule has 16 heavy (non-hydrogen) atoms. The number of aromatic amines is 1. The van der Waals surface area contributed by atoms with Crippen molar-refractivity contribution >= 4 is 5.91 Å². The molecule has 4 nitrogen and oxygen atoms in total. The van der Waals surface area contributed by atoms with Gasteiger partial charge in [0, 0.05) is 31.4 Å². The Hall–Kier alpha value is -1.29. The van der Waals surface area contributed by atoms with Gasteiger partial charge in [0.15, 0.2) is 0 Å². The first-order valence-corrected chi connectivity index (χ1v) is 5.94. The molecule has 86 valence electrons. The normalized spacial score (nSPS) is 33.1. The van der Waals surface area contributed by atoms with Gasteiger partial charge in [-0.2, -0.15) is 0 Å². The van der Waals surface area contributed by atoms with Gasteiger partial charge >= 0.3 is 0 Å². The predicted octanol–water partition coefficient (Wildman–Crippen LogP) is 0.837. The van der Waals surface area contributed by atoms with Crippen molar-refractivity contribution in [2.24, 2.45) is 5.92 Å². The number of aromatic nitrogens is 1. The monoisotopic (exact) mass is 219 g/mol. The van der Waals surface area contributed by atoms with Crippen LogP contribution in [0.4, 0.5) is 0 Å². The van der Waals surface area contributed by atoms with Crippen molar-refractivity contribution in [3.8, 4) is 0 Å². The summed E-state index contributed by atoms with van der Waals surface area (Å²) < 4.78 is 0. The van der Waals surface area contributed by atoms with Crippen LogP contribution in [-0.4, -0.2) is 41.0 Å². The fourth-order valence-electron chi connectivity index (χ4n) is 3.12. The highest BCUT2D eigenvalue weighted by molar-refractivity contribution is 5.93. The van der Waals surface area contributed by atoms with E-state index in [-0.39, 0.29) is 5.91 Å². The number of nitrogens with zero attached hydrogens (tertiary/aromatic N) is 1. The van der Waals surface area contributed by atoms with Gasteiger partial charge in [0.2, 0.25) is 0 Å². The summed E-state index contributed by atoms with van der Waals surface area (Å²) in [7, 11) is 0. The molecule has 1 aromatic heterocycles. The molecular weight excluding hydrogens is 202 g/mol. The first-order chi connectivity index (χ1) is 7.77. The van der Waals surface area contributed by atoms with Gasteiger partial charge in [-0.25, -0.2) is 0 Å². The van der Waals surface area contributed by atoms with E-state index in [1.807, 2.05) is 12.1 Å².